The molecule has 0 aliphatic carbocycles. The number of carbonyl (C=O) groups is 3. The molecule has 6 heteroatoms. The van der Waals surface area contributed by atoms with Gasteiger partial charge in [0.05, 0.1) is 0 Å². The van der Waals surface area contributed by atoms with E-state index in [0.29, 0.717) is 19.3 Å². The minimum atomic E-state index is -0.770. The van der Waals surface area contributed by atoms with E-state index in [2.05, 4.69) is 93.7 Å². The smallest absolute Gasteiger partial charge is 0.306 e. The second-order valence-electron chi connectivity index (χ2n) is 23.1. The van der Waals surface area contributed by atoms with Crippen LogP contribution in [-0.2, 0) is 28.6 Å². The lowest BCUT2D eigenvalue weighted by molar-refractivity contribution is -0.167. The first-order valence-corrected chi connectivity index (χ1v) is 34.4. The van der Waals surface area contributed by atoms with Crippen LogP contribution in [0, 0.1) is 0 Å². The first-order chi connectivity index (χ1) is 39.0. The highest BCUT2D eigenvalue weighted by Gasteiger charge is 2.19. The Labute approximate surface area is 491 Å². The van der Waals surface area contributed by atoms with Gasteiger partial charge in [0.25, 0.3) is 0 Å². The van der Waals surface area contributed by atoms with Crippen LogP contribution in [0.25, 0.3) is 0 Å². The number of hydrogen-bond acceptors (Lipinski definition) is 6. The Balaban J connectivity index is 4.13. The zero-order chi connectivity index (χ0) is 57.1. The number of carbonyl (C=O) groups excluding carboxylic acids is 3. The van der Waals surface area contributed by atoms with Crippen molar-refractivity contribution in [2.45, 2.75) is 361 Å². The normalized spacial score (nSPS) is 12.5. The van der Waals surface area contributed by atoms with Crippen molar-refractivity contribution in [2.75, 3.05) is 13.2 Å². The van der Waals surface area contributed by atoms with Crippen LogP contribution < -0.4 is 0 Å². The van der Waals surface area contributed by atoms with Crippen LogP contribution >= 0.6 is 0 Å². The summed E-state index contributed by atoms with van der Waals surface area (Å²) >= 11 is 0. The summed E-state index contributed by atoms with van der Waals surface area (Å²) in [5, 5.41) is 0. The van der Waals surface area contributed by atoms with E-state index < -0.39 is 6.10 Å². The average molecular weight is 1100 g/mol. The summed E-state index contributed by atoms with van der Waals surface area (Å²) in [5.41, 5.74) is 0. The quantitative estimate of drug-likeness (QED) is 0.0261. The standard InChI is InChI=1S/C73H130O6/c1-4-7-10-13-16-19-22-24-26-28-29-30-31-32-33-34-35-36-37-38-39-40-41-42-43-45-46-48-51-54-57-60-63-66-72(75)78-69-70(68-77-71(74)65-62-59-56-53-50-21-18-15-12-9-6-3)79-73(76)67-64-61-58-55-52-49-47-44-27-25-23-20-17-14-11-8-5-2/h7,10,16,19,24,26,29-30,32-33,35-36,70H,4-6,8-9,11-15,17-18,20-23,25,27-28,31,34,37-69H2,1-3H3/b10-7-,19-16-,26-24-,30-29-,33-32-,36-35-. The number of esters is 3. The largest absolute Gasteiger partial charge is 0.462 e. The Morgan fingerprint density at radius 2 is 0.494 bits per heavy atom. The maximum atomic E-state index is 12.9. The first-order valence-electron chi connectivity index (χ1n) is 34.4. The van der Waals surface area contributed by atoms with Crippen molar-refractivity contribution in [1.82, 2.24) is 0 Å². The molecule has 0 aliphatic rings. The summed E-state index contributed by atoms with van der Waals surface area (Å²) in [5.74, 6) is -0.847. The van der Waals surface area contributed by atoms with Gasteiger partial charge in [-0.15, -0.1) is 0 Å². The minimum absolute atomic E-state index is 0.0682. The number of allylic oxidation sites excluding steroid dienone is 12. The van der Waals surface area contributed by atoms with E-state index in [1.165, 1.54) is 218 Å². The lowest BCUT2D eigenvalue weighted by atomic mass is 10.0. The third-order valence-electron chi connectivity index (χ3n) is 15.2. The Hall–Kier alpha value is -3.15. The highest BCUT2D eigenvalue weighted by atomic mass is 16.6. The molecule has 0 bridgehead atoms. The summed E-state index contributed by atoms with van der Waals surface area (Å²) in [6, 6.07) is 0. The SMILES string of the molecule is CC/C=C\C/C=C\C/C=C\C/C=C\C/C=C\C/C=C\CCCCCCCCCCCCCCCCC(=O)OCC(COC(=O)CCCCCCCCCCCCC)OC(=O)CCCCCCCCCCCCCCCCCCC. The van der Waals surface area contributed by atoms with Gasteiger partial charge in [-0.25, -0.2) is 0 Å². The maximum absolute atomic E-state index is 12.9. The van der Waals surface area contributed by atoms with Gasteiger partial charge in [-0.2, -0.15) is 0 Å². The van der Waals surface area contributed by atoms with Crippen molar-refractivity contribution in [3.8, 4) is 0 Å². The van der Waals surface area contributed by atoms with Gasteiger partial charge in [0.15, 0.2) is 6.10 Å². The van der Waals surface area contributed by atoms with Gasteiger partial charge in [0.1, 0.15) is 13.2 Å². The topological polar surface area (TPSA) is 78.9 Å². The van der Waals surface area contributed by atoms with Gasteiger partial charge in [-0.05, 0) is 70.6 Å². The average Bonchev–Trinajstić information content (AvgIpc) is 3.45. The molecule has 0 aromatic carbocycles. The molecule has 0 fully saturated rings. The molecule has 0 aromatic heterocycles. The monoisotopic (exact) mass is 1100 g/mol. The third kappa shape index (κ3) is 65.5. The summed E-state index contributed by atoms with van der Waals surface area (Å²) in [7, 11) is 0. The molecule has 0 aliphatic heterocycles. The van der Waals surface area contributed by atoms with Crippen LogP contribution in [0.1, 0.15) is 355 Å². The van der Waals surface area contributed by atoms with Gasteiger partial charge in [-0.1, -0.05) is 338 Å². The van der Waals surface area contributed by atoms with Crippen LogP contribution in [0.5, 0.6) is 0 Å². The van der Waals surface area contributed by atoms with Gasteiger partial charge in [0.2, 0.25) is 0 Å². The number of unbranched alkanes of at least 4 members (excludes halogenated alkanes) is 40. The van der Waals surface area contributed by atoms with Crippen LogP contribution in [0.2, 0.25) is 0 Å². The lowest BCUT2D eigenvalue weighted by Crippen LogP contribution is -2.30. The Morgan fingerprint density at radius 1 is 0.266 bits per heavy atom. The van der Waals surface area contributed by atoms with E-state index >= 15 is 0 Å². The lowest BCUT2D eigenvalue weighted by Gasteiger charge is -2.18. The fourth-order valence-electron chi connectivity index (χ4n) is 10.1. The molecule has 0 amide bonds. The summed E-state index contributed by atoms with van der Waals surface area (Å²) < 4.78 is 16.9. The van der Waals surface area contributed by atoms with Gasteiger partial charge in [-0.3, -0.25) is 14.4 Å². The van der Waals surface area contributed by atoms with E-state index in [0.717, 1.165) is 96.3 Å². The molecule has 0 spiro atoms. The van der Waals surface area contributed by atoms with Crippen LogP contribution in [0.3, 0.4) is 0 Å². The zero-order valence-electron chi connectivity index (χ0n) is 52.6. The van der Waals surface area contributed by atoms with E-state index in [9.17, 15) is 14.4 Å². The molecule has 79 heavy (non-hydrogen) atoms. The van der Waals surface area contributed by atoms with Gasteiger partial charge < -0.3 is 14.2 Å². The predicted octanol–water partition coefficient (Wildman–Crippen LogP) is 23.7. The molecule has 0 radical (unpaired) electrons. The molecule has 6 nitrogen and oxygen atoms in total. The molecule has 1 unspecified atom stereocenters. The molecule has 458 valence electrons. The fraction of sp³-hybridized carbons (Fsp3) is 0.795. The van der Waals surface area contributed by atoms with Crippen molar-refractivity contribution in [1.29, 1.82) is 0 Å². The molecular formula is C73H130O6. The highest BCUT2D eigenvalue weighted by molar-refractivity contribution is 5.71. The molecule has 1 atom stereocenters. The zero-order valence-corrected chi connectivity index (χ0v) is 52.6. The molecule has 0 rings (SSSR count). The number of rotatable bonds is 63. The van der Waals surface area contributed by atoms with Crippen molar-refractivity contribution >= 4 is 17.9 Å². The summed E-state index contributed by atoms with van der Waals surface area (Å²) in [6.45, 7) is 6.57. The fourth-order valence-corrected chi connectivity index (χ4v) is 10.1. The van der Waals surface area contributed by atoms with Crippen molar-refractivity contribution < 1.29 is 28.6 Å². The number of hydrogen-bond donors (Lipinski definition) is 0. The minimum Gasteiger partial charge on any atom is -0.462 e. The van der Waals surface area contributed by atoms with Crippen molar-refractivity contribution in [2.24, 2.45) is 0 Å². The second-order valence-corrected chi connectivity index (χ2v) is 23.1. The van der Waals surface area contributed by atoms with E-state index in [4.69, 9.17) is 14.2 Å². The van der Waals surface area contributed by atoms with Crippen molar-refractivity contribution in [3.05, 3.63) is 72.9 Å². The Kier molecular flexibility index (Phi) is 64.7. The van der Waals surface area contributed by atoms with Crippen LogP contribution in [0.4, 0.5) is 0 Å². The molecule has 0 aromatic rings. The third-order valence-corrected chi connectivity index (χ3v) is 15.2. The summed E-state index contributed by atoms with van der Waals surface area (Å²) in [6.07, 6.45) is 87.9. The summed E-state index contributed by atoms with van der Waals surface area (Å²) in [4.78, 5) is 38.3. The maximum Gasteiger partial charge on any atom is 0.306 e. The molecule has 0 saturated heterocycles. The molecule has 0 heterocycles. The van der Waals surface area contributed by atoms with Gasteiger partial charge in [0, 0.05) is 19.3 Å². The molecular weight excluding hydrogens is 973 g/mol. The van der Waals surface area contributed by atoms with Crippen LogP contribution in [-0.4, -0.2) is 37.2 Å². The second kappa shape index (κ2) is 67.4. The molecule has 0 N–H and O–H groups in total. The highest BCUT2D eigenvalue weighted by Crippen LogP contribution is 2.18. The van der Waals surface area contributed by atoms with E-state index in [1.807, 2.05) is 0 Å². The number of ether oxygens (including phenoxy) is 3. The Bertz CT molecular complexity index is 1450. The molecule has 0 saturated carbocycles. The predicted molar refractivity (Wildman–Crippen MR) is 344 cm³/mol. The van der Waals surface area contributed by atoms with Crippen molar-refractivity contribution in [3.63, 3.8) is 0 Å². The Morgan fingerprint density at radius 3 is 0.772 bits per heavy atom. The first kappa shape index (κ1) is 75.8. The van der Waals surface area contributed by atoms with Crippen LogP contribution in [0.15, 0.2) is 72.9 Å². The van der Waals surface area contributed by atoms with E-state index in [1.54, 1.807) is 0 Å². The van der Waals surface area contributed by atoms with E-state index in [-0.39, 0.29) is 31.1 Å². The van der Waals surface area contributed by atoms with Gasteiger partial charge >= 0.3 is 17.9 Å².